The lowest BCUT2D eigenvalue weighted by molar-refractivity contribution is 0.385. The van der Waals surface area contributed by atoms with Gasteiger partial charge < -0.3 is 18.4 Å². The fourth-order valence-corrected chi connectivity index (χ4v) is 15.7. The zero-order chi connectivity index (χ0) is 21.2. The Balaban J connectivity index is 2.16. The quantitative estimate of drug-likeness (QED) is 0.298. The zero-order valence-electron chi connectivity index (χ0n) is 18.0. The van der Waals surface area contributed by atoms with Crippen molar-refractivity contribution in [2.24, 2.45) is 4.99 Å². The van der Waals surface area contributed by atoms with Crippen LogP contribution in [0.2, 0.25) is 51.9 Å². The highest BCUT2D eigenvalue weighted by Crippen LogP contribution is 2.40. The van der Waals surface area contributed by atoms with E-state index in [2.05, 4.69) is 50.8 Å². The van der Waals surface area contributed by atoms with Crippen LogP contribution in [0.4, 0.5) is 5.69 Å². The van der Waals surface area contributed by atoms with Gasteiger partial charge in [0.05, 0.1) is 0 Å². The SMILES string of the molecule is C[Si](C)(C)O[Si](C)(CCC=Nc1cc(O)c2ccccc2c1O)O[Si](C)(C)C. The van der Waals surface area contributed by atoms with Crippen molar-refractivity contribution in [1.29, 1.82) is 0 Å². The van der Waals surface area contributed by atoms with E-state index in [0.717, 1.165) is 6.04 Å². The van der Waals surface area contributed by atoms with Crippen molar-refractivity contribution in [2.45, 2.75) is 58.3 Å². The van der Waals surface area contributed by atoms with Crippen LogP contribution in [0.15, 0.2) is 35.3 Å². The first kappa shape index (κ1) is 22.8. The fraction of sp³-hybridized carbons (Fsp3) is 0.450. The Hall–Kier alpha value is -1.46. The Bertz CT molecular complexity index is 841. The molecule has 2 aromatic carbocycles. The Morgan fingerprint density at radius 3 is 1.96 bits per heavy atom. The highest BCUT2D eigenvalue weighted by molar-refractivity contribution is 6.87. The summed E-state index contributed by atoms with van der Waals surface area (Å²) in [5.41, 5.74) is 0.372. The summed E-state index contributed by atoms with van der Waals surface area (Å²) in [6.45, 7) is 15.3. The van der Waals surface area contributed by atoms with Gasteiger partial charge in [0, 0.05) is 23.1 Å². The van der Waals surface area contributed by atoms with Gasteiger partial charge in [-0.05, 0) is 58.3 Å². The Labute approximate surface area is 171 Å². The van der Waals surface area contributed by atoms with Crippen molar-refractivity contribution in [3.8, 4) is 11.5 Å². The third-order valence-corrected chi connectivity index (χ3v) is 13.5. The molecule has 0 bridgehead atoms. The Morgan fingerprint density at radius 1 is 0.893 bits per heavy atom. The first-order valence-electron chi connectivity index (χ1n) is 9.66. The number of aliphatic imine (C=N–C) groups is 1. The third-order valence-electron chi connectivity index (χ3n) is 3.98. The minimum Gasteiger partial charge on any atom is -0.507 e. The maximum Gasteiger partial charge on any atom is 0.314 e. The topological polar surface area (TPSA) is 71.3 Å². The van der Waals surface area contributed by atoms with Gasteiger partial charge in [-0.2, -0.15) is 0 Å². The molecule has 0 atom stereocenters. The number of hydrogen-bond acceptors (Lipinski definition) is 5. The minimum atomic E-state index is -2.31. The molecule has 0 aliphatic heterocycles. The van der Waals surface area contributed by atoms with Crippen molar-refractivity contribution in [3.63, 3.8) is 0 Å². The molecule has 0 amide bonds. The van der Waals surface area contributed by atoms with Crippen molar-refractivity contribution in [3.05, 3.63) is 30.3 Å². The molecule has 0 heterocycles. The average Bonchev–Trinajstić information content (AvgIpc) is 2.52. The lowest BCUT2D eigenvalue weighted by Crippen LogP contribution is -2.52. The molecule has 0 saturated carbocycles. The molecule has 0 fully saturated rings. The van der Waals surface area contributed by atoms with E-state index in [1.807, 2.05) is 12.1 Å². The fourth-order valence-electron chi connectivity index (χ4n) is 3.33. The molecular formula is C20H33NO4Si3. The van der Waals surface area contributed by atoms with Gasteiger partial charge in [0.15, 0.2) is 16.6 Å². The summed E-state index contributed by atoms with van der Waals surface area (Å²) in [6, 6.07) is 9.51. The molecule has 0 unspecified atom stereocenters. The van der Waals surface area contributed by atoms with E-state index in [9.17, 15) is 10.2 Å². The van der Waals surface area contributed by atoms with Crippen LogP contribution in [0.25, 0.3) is 10.8 Å². The van der Waals surface area contributed by atoms with Gasteiger partial charge in [0.25, 0.3) is 0 Å². The summed E-state index contributed by atoms with van der Waals surface area (Å²) in [5.74, 6) is 0.199. The molecule has 0 aliphatic rings. The van der Waals surface area contributed by atoms with E-state index >= 15 is 0 Å². The zero-order valence-corrected chi connectivity index (χ0v) is 21.0. The third kappa shape index (κ3) is 6.56. The van der Waals surface area contributed by atoms with E-state index < -0.39 is 25.2 Å². The van der Waals surface area contributed by atoms with Gasteiger partial charge in [0.2, 0.25) is 0 Å². The summed E-state index contributed by atoms with van der Waals surface area (Å²) >= 11 is 0. The minimum absolute atomic E-state index is 0.0846. The van der Waals surface area contributed by atoms with E-state index in [0.29, 0.717) is 22.9 Å². The molecular weight excluding hydrogens is 402 g/mol. The second-order valence-electron chi connectivity index (χ2n) is 9.22. The van der Waals surface area contributed by atoms with Gasteiger partial charge in [-0.3, -0.25) is 4.99 Å². The van der Waals surface area contributed by atoms with Crippen LogP contribution in [0.1, 0.15) is 6.42 Å². The number of hydrogen-bond donors (Lipinski definition) is 2. The van der Waals surface area contributed by atoms with Crippen molar-refractivity contribution >= 4 is 47.9 Å². The van der Waals surface area contributed by atoms with E-state index in [1.54, 1.807) is 18.3 Å². The van der Waals surface area contributed by atoms with Crippen LogP contribution in [0, 0.1) is 0 Å². The van der Waals surface area contributed by atoms with Crippen LogP contribution in [0.5, 0.6) is 11.5 Å². The summed E-state index contributed by atoms with van der Waals surface area (Å²) in [4.78, 5) is 4.41. The van der Waals surface area contributed by atoms with Crippen LogP contribution < -0.4 is 0 Å². The molecule has 0 saturated heterocycles. The smallest absolute Gasteiger partial charge is 0.314 e. The normalized spacial score (nSPS) is 13.5. The number of nitrogens with zero attached hydrogens (tertiary/aromatic N) is 1. The number of rotatable bonds is 8. The number of benzene rings is 2. The molecule has 0 radical (unpaired) electrons. The molecule has 154 valence electrons. The van der Waals surface area contributed by atoms with Gasteiger partial charge in [0.1, 0.15) is 17.2 Å². The Kier molecular flexibility index (Phi) is 6.93. The second kappa shape index (κ2) is 8.50. The average molecular weight is 436 g/mol. The molecule has 0 aliphatic carbocycles. The highest BCUT2D eigenvalue weighted by atomic mass is 28.5. The van der Waals surface area contributed by atoms with Gasteiger partial charge in [-0.15, -0.1) is 0 Å². The summed E-state index contributed by atoms with van der Waals surface area (Å²) in [7, 11) is -5.75. The molecule has 8 heteroatoms. The number of phenolic OH excluding ortho intramolecular Hbond substituents is 2. The van der Waals surface area contributed by atoms with Crippen molar-refractivity contribution < 1.29 is 18.4 Å². The second-order valence-corrected chi connectivity index (χ2v) is 22.1. The van der Waals surface area contributed by atoms with Crippen LogP contribution in [0.3, 0.4) is 0 Å². The number of fused-ring (bicyclic) bond motifs is 1. The number of phenols is 2. The largest absolute Gasteiger partial charge is 0.507 e. The highest BCUT2D eigenvalue weighted by Gasteiger charge is 2.39. The molecule has 28 heavy (non-hydrogen) atoms. The van der Waals surface area contributed by atoms with Gasteiger partial charge in [-0.25, -0.2) is 0 Å². The predicted molar refractivity (Wildman–Crippen MR) is 125 cm³/mol. The summed E-state index contributed by atoms with van der Waals surface area (Å²) in [5, 5.41) is 21.9. The van der Waals surface area contributed by atoms with Crippen molar-refractivity contribution in [2.75, 3.05) is 0 Å². The predicted octanol–water partition coefficient (Wildman–Crippen LogP) is 6.12. The molecule has 2 N–H and O–H groups in total. The molecule has 0 spiro atoms. The molecule has 5 nitrogen and oxygen atoms in total. The van der Waals surface area contributed by atoms with Crippen LogP contribution in [-0.2, 0) is 8.23 Å². The maximum absolute atomic E-state index is 10.5. The van der Waals surface area contributed by atoms with Gasteiger partial charge >= 0.3 is 8.56 Å². The van der Waals surface area contributed by atoms with Crippen LogP contribution in [-0.4, -0.2) is 41.6 Å². The number of aromatic hydroxyl groups is 2. The standard InChI is InChI=1S/C20H33NO4Si3/c1-26(2,3)24-28(7,25-27(4,5)6)14-10-13-21-18-15-19(22)16-11-8-9-12-17(16)20(18)23/h8-9,11-13,15,22-23H,10,14H2,1-7H3. The first-order valence-corrected chi connectivity index (χ1v) is 19.0. The Morgan fingerprint density at radius 2 is 1.43 bits per heavy atom. The summed E-state index contributed by atoms with van der Waals surface area (Å²) in [6.07, 6.45) is 2.49. The van der Waals surface area contributed by atoms with E-state index in [1.165, 1.54) is 6.07 Å². The molecule has 0 aromatic heterocycles. The summed E-state index contributed by atoms with van der Waals surface area (Å²) < 4.78 is 13.0. The lowest BCUT2D eigenvalue weighted by atomic mass is 10.1. The first-order chi connectivity index (χ1) is 12.8. The van der Waals surface area contributed by atoms with Crippen LogP contribution >= 0.6 is 0 Å². The molecule has 2 aromatic rings. The van der Waals surface area contributed by atoms with E-state index in [4.69, 9.17) is 8.23 Å². The molecule has 2 rings (SSSR count). The maximum atomic E-state index is 10.5. The van der Waals surface area contributed by atoms with Crippen molar-refractivity contribution in [1.82, 2.24) is 0 Å². The van der Waals surface area contributed by atoms with E-state index in [-0.39, 0.29) is 11.5 Å². The monoisotopic (exact) mass is 435 g/mol. The lowest BCUT2D eigenvalue weighted by Gasteiger charge is -2.38. The van der Waals surface area contributed by atoms with Gasteiger partial charge in [-0.1, -0.05) is 24.3 Å².